The van der Waals surface area contributed by atoms with Crippen LogP contribution in [0, 0.1) is 5.92 Å². The Hall–Kier alpha value is -2.13. The number of aliphatic hydroxyl groups excluding tert-OH is 1. The molecule has 3 nitrogen and oxygen atoms in total. The lowest BCUT2D eigenvalue weighted by Crippen LogP contribution is -2.10. The van der Waals surface area contributed by atoms with Gasteiger partial charge in [-0.15, -0.1) is 0 Å². The van der Waals surface area contributed by atoms with Crippen LogP contribution in [-0.2, 0) is 12.8 Å². The molecule has 2 aromatic carbocycles. The van der Waals surface area contributed by atoms with Gasteiger partial charge in [0.15, 0.2) is 0 Å². The number of carbonyl (C=O) groups is 1. The third kappa shape index (κ3) is 2.32. The van der Waals surface area contributed by atoms with Crippen LogP contribution in [0.25, 0.3) is 0 Å². The van der Waals surface area contributed by atoms with Gasteiger partial charge in [-0.1, -0.05) is 36.4 Å². The Morgan fingerprint density at radius 2 is 1.80 bits per heavy atom. The van der Waals surface area contributed by atoms with Crippen molar-refractivity contribution in [1.29, 1.82) is 0 Å². The normalized spacial score (nSPS) is 20.6. The molecule has 2 unspecified atom stereocenters. The Balaban J connectivity index is 1.75. The highest BCUT2D eigenvalue weighted by Gasteiger charge is 2.30. The lowest BCUT2D eigenvalue weighted by atomic mass is 9.94. The summed E-state index contributed by atoms with van der Waals surface area (Å²) in [5.74, 6) is -0.743. The topological polar surface area (TPSA) is 57.5 Å². The van der Waals surface area contributed by atoms with Crippen molar-refractivity contribution in [2.24, 2.45) is 5.92 Å². The summed E-state index contributed by atoms with van der Waals surface area (Å²) < 4.78 is 0. The zero-order valence-electron chi connectivity index (χ0n) is 11.0. The van der Waals surface area contributed by atoms with Crippen molar-refractivity contribution in [1.82, 2.24) is 0 Å². The van der Waals surface area contributed by atoms with Gasteiger partial charge in [0.2, 0.25) is 0 Å². The molecular weight excluding hydrogens is 252 g/mol. The van der Waals surface area contributed by atoms with Crippen LogP contribution in [0.3, 0.4) is 0 Å². The van der Waals surface area contributed by atoms with Gasteiger partial charge >= 0.3 is 5.97 Å². The molecule has 2 aromatic rings. The molecule has 3 rings (SSSR count). The first-order valence-corrected chi connectivity index (χ1v) is 6.73. The van der Waals surface area contributed by atoms with Crippen LogP contribution in [0.4, 0.5) is 0 Å². The van der Waals surface area contributed by atoms with Gasteiger partial charge in [0.25, 0.3) is 0 Å². The van der Waals surface area contributed by atoms with Crippen molar-refractivity contribution in [3.05, 3.63) is 70.8 Å². The number of hydrogen-bond acceptors (Lipinski definition) is 2. The zero-order chi connectivity index (χ0) is 14.1. The molecule has 0 spiro atoms. The Morgan fingerprint density at radius 1 is 1.10 bits per heavy atom. The van der Waals surface area contributed by atoms with Gasteiger partial charge in [0, 0.05) is 0 Å². The van der Waals surface area contributed by atoms with Gasteiger partial charge in [-0.25, -0.2) is 4.79 Å². The van der Waals surface area contributed by atoms with E-state index < -0.39 is 12.1 Å². The van der Waals surface area contributed by atoms with E-state index in [-0.39, 0.29) is 5.92 Å². The fourth-order valence-corrected chi connectivity index (χ4v) is 2.93. The second kappa shape index (κ2) is 5.10. The maximum atomic E-state index is 10.8. The summed E-state index contributed by atoms with van der Waals surface area (Å²) >= 11 is 0. The van der Waals surface area contributed by atoms with E-state index in [9.17, 15) is 9.90 Å². The molecule has 0 heterocycles. The van der Waals surface area contributed by atoms with Crippen molar-refractivity contribution in [2.45, 2.75) is 18.9 Å². The van der Waals surface area contributed by atoms with Gasteiger partial charge in [0.05, 0.1) is 11.7 Å². The number of fused-ring (bicyclic) bond motifs is 1. The number of aliphatic hydroxyl groups is 1. The van der Waals surface area contributed by atoms with Gasteiger partial charge < -0.3 is 10.2 Å². The Morgan fingerprint density at radius 3 is 2.45 bits per heavy atom. The number of rotatable bonds is 3. The predicted octanol–water partition coefficient (Wildman–Crippen LogP) is 2.83. The fourth-order valence-electron chi connectivity index (χ4n) is 2.93. The molecular formula is C17H16O3. The summed E-state index contributed by atoms with van der Waals surface area (Å²) in [5, 5.41) is 19.2. The molecule has 0 aliphatic heterocycles. The smallest absolute Gasteiger partial charge is 0.335 e. The molecule has 3 heteroatoms. The van der Waals surface area contributed by atoms with Crippen LogP contribution < -0.4 is 0 Å². The average Bonchev–Trinajstić information content (AvgIpc) is 2.77. The third-order valence-electron chi connectivity index (χ3n) is 4.00. The Kier molecular flexibility index (Phi) is 3.28. The van der Waals surface area contributed by atoms with Crippen LogP contribution in [0.5, 0.6) is 0 Å². The maximum Gasteiger partial charge on any atom is 0.335 e. The molecule has 0 saturated carbocycles. The van der Waals surface area contributed by atoms with Crippen LogP contribution in [0.2, 0.25) is 0 Å². The summed E-state index contributed by atoms with van der Waals surface area (Å²) in [6.45, 7) is 0. The number of hydrogen-bond donors (Lipinski definition) is 2. The lowest BCUT2D eigenvalue weighted by molar-refractivity contribution is 0.0697. The quantitative estimate of drug-likeness (QED) is 0.900. The van der Waals surface area contributed by atoms with E-state index in [1.807, 2.05) is 30.3 Å². The average molecular weight is 268 g/mol. The summed E-state index contributed by atoms with van der Waals surface area (Å²) in [6.07, 6.45) is 1.21. The highest BCUT2D eigenvalue weighted by atomic mass is 16.4. The first-order chi connectivity index (χ1) is 9.65. The van der Waals surface area contributed by atoms with Crippen molar-refractivity contribution in [3.8, 4) is 0 Å². The van der Waals surface area contributed by atoms with Crippen molar-refractivity contribution >= 4 is 5.97 Å². The minimum atomic E-state index is -0.912. The molecule has 1 aliphatic carbocycles. The van der Waals surface area contributed by atoms with E-state index in [1.54, 1.807) is 12.1 Å². The second-order valence-electron chi connectivity index (χ2n) is 5.31. The Bertz CT molecular complexity index is 631. The maximum absolute atomic E-state index is 10.8. The molecule has 0 bridgehead atoms. The summed E-state index contributed by atoms with van der Waals surface area (Å²) in [6, 6.07) is 14.9. The SMILES string of the molecule is O=C(O)c1ccc(CC2Cc3ccccc3C2O)cc1. The first-order valence-electron chi connectivity index (χ1n) is 6.73. The van der Waals surface area contributed by atoms with E-state index in [4.69, 9.17) is 5.11 Å². The standard InChI is InChI=1S/C17H16O3/c18-16-14(10-13-3-1-2-4-15(13)16)9-11-5-7-12(8-6-11)17(19)20/h1-8,14,16,18H,9-10H2,(H,19,20). The lowest BCUT2D eigenvalue weighted by Gasteiger charge is -2.15. The number of benzene rings is 2. The number of carboxylic acids is 1. The van der Waals surface area contributed by atoms with Gasteiger partial charge in [-0.05, 0) is 47.6 Å². The molecule has 20 heavy (non-hydrogen) atoms. The molecule has 102 valence electrons. The van der Waals surface area contributed by atoms with E-state index in [2.05, 4.69) is 6.07 Å². The van der Waals surface area contributed by atoms with Crippen LogP contribution in [0.15, 0.2) is 48.5 Å². The van der Waals surface area contributed by atoms with Gasteiger partial charge in [-0.3, -0.25) is 0 Å². The summed E-state index contributed by atoms with van der Waals surface area (Å²) in [4.78, 5) is 10.8. The van der Waals surface area contributed by atoms with E-state index >= 15 is 0 Å². The summed E-state index contributed by atoms with van der Waals surface area (Å²) in [5.41, 5.74) is 3.60. The number of carboxylic acid groups (broad SMARTS) is 1. The van der Waals surface area contributed by atoms with E-state index in [0.29, 0.717) is 5.56 Å². The molecule has 2 atom stereocenters. The molecule has 0 aromatic heterocycles. The van der Waals surface area contributed by atoms with E-state index in [1.165, 1.54) is 5.56 Å². The third-order valence-corrected chi connectivity index (χ3v) is 4.00. The van der Waals surface area contributed by atoms with Crippen molar-refractivity contribution in [2.75, 3.05) is 0 Å². The molecule has 0 radical (unpaired) electrons. The number of aromatic carboxylic acids is 1. The van der Waals surface area contributed by atoms with Crippen LogP contribution in [0.1, 0.15) is 33.2 Å². The van der Waals surface area contributed by atoms with Gasteiger partial charge in [-0.2, -0.15) is 0 Å². The molecule has 2 N–H and O–H groups in total. The predicted molar refractivity (Wildman–Crippen MR) is 75.7 cm³/mol. The molecule has 1 aliphatic rings. The van der Waals surface area contributed by atoms with Crippen molar-refractivity contribution in [3.63, 3.8) is 0 Å². The highest BCUT2D eigenvalue weighted by Crippen LogP contribution is 2.37. The second-order valence-corrected chi connectivity index (χ2v) is 5.31. The van der Waals surface area contributed by atoms with Gasteiger partial charge in [0.1, 0.15) is 0 Å². The fraction of sp³-hybridized carbons (Fsp3) is 0.235. The minimum Gasteiger partial charge on any atom is -0.478 e. The zero-order valence-corrected chi connectivity index (χ0v) is 11.0. The monoisotopic (exact) mass is 268 g/mol. The molecule has 0 fully saturated rings. The van der Waals surface area contributed by atoms with E-state index in [0.717, 1.165) is 24.0 Å². The Labute approximate surface area is 117 Å². The van der Waals surface area contributed by atoms with Crippen molar-refractivity contribution < 1.29 is 15.0 Å². The highest BCUT2D eigenvalue weighted by molar-refractivity contribution is 5.87. The molecule has 0 saturated heterocycles. The summed E-state index contributed by atoms with van der Waals surface area (Å²) in [7, 11) is 0. The van der Waals surface area contributed by atoms with Crippen LogP contribution in [-0.4, -0.2) is 16.2 Å². The molecule has 0 amide bonds. The minimum absolute atomic E-state index is 0.170. The van der Waals surface area contributed by atoms with Crippen LogP contribution >= 0.6 is 0 Å². The largest absolute Gasteiger partial charge is 0.478 e. The first kappa shape index (κ1) is 12.9.